The molecule has 0 aliphatic heterocycles. The van der Waals surface area contributed by atoms with Crippen LogP contribution in [0.5, 0.6) is 0 Å². The highest BCUT2D eigenvalue weighted by atomic mass is 32.2. The van der Waals surface area contributed by atoms with E-state index in [1.807, 2.05) is 13.8 Å². The maximum atomic E-state index is 12.9. The van der Waals surface area contributed by atoms with Gasteiger partial charge < -0.3 is 0 Å². The van der Waals surface area contributed by atoms with Gasteiger partial charge in [-0.1, -0.05) is 20.3 Å². The SMILES string of the molecule is CCC(C)Cc1nc(C(F)(F)F)nn1-c1ccc(S(C)(=O)=O)cn1. The number of aromatic nitrogens is 4. The number of nitrogens with zero attached hydrogens (tertiary/aromatic N) is 4. The molecule has 132 valence electrons. The summed E-state index contributed by atoms with van der Waals surface area (Å²) in [6.45, 7) is 3.82. The zero-order valence-corrected chi connectivity index (χ0v) is 14.2. The quantitative estimate of drug-likeness (QED) is 0.817. The average molecular weight is 362 g/mol. The Hall–Kier alpha value is -1.97. The summed E-state index contributed by atoms with van der Waals surface area (Å²) in [7, 11) is -3.44. The average Bonchev–Trinajstić information content (AvgIpc) is 2.90. The van der Waals surface area contributed by atoms with Crippen LogP contribution in [0, 0.1) is 5.92 Å². The first-order chi connectivity index (χ1) is 11.0. The maximum absolute atomic E-state index is 12.9. The molecule has 0 aliphatic carbocycles. The Morgan fingerprint density at radius 3 is 2.42 bits per heavy atom. The molecule has 0 fully saturated rings. The fourth-order valence-electron chi connectivity index (χ4n) is 1.95. The zero-order chi connectivity index (χ0) is 18.1. The van der Waals surface area contributed by atoms with Crippen LogP contribution in [0.25, 0.3) is 5.82 Å². The minimum Gasteiger partial charge on any atom is -0.236 e. The molecule has 0 spiro atoms. The van der Waals surface area contributed by atoms with Gasteiger partial charge in [0.05, 0.1) is 4.90 Å². The summed E-state index contributed by atoms with van der Waals surface area (Å²) in [6.07, 6.45) is -1.48. The lowest BCUT2D eigenvalue weighted by Gasteiger charge is -2.09. The van der Waals surface area contributed by atoms with Crippen molar-refractivity contribution in [2.24, 2.45) is 5.92 Å². The third kappa shape index (κ3) is 4.11. The van der Waals surface area contributed by atoms with Crippen LogP contribution in [0.3, 0.4) is 0 Å². The molecule has 6 nitrogen and oxygen atoms in total. The first kappa shape index (κ1) is 18.4. The van der Waals surface area contributed by atoms with Crippen LogP contribution >= 0.6 is 0 Å². The normalized spacial score (nSPS) is 13.9. The first-order valence-corrected chi connectivity index (χ1v) is 9.11. The van der Waals surface area contributed by atoms with Crippen LogP contribution < -0.4 is 0 Å². The number of pyridine rings is 1. The first-order valence-electron chi connectivity index (χ1n) is 7.22. The van der Waals surface area contributed by atoms with Crippen molar-refractivity contribution in [3.05, 3.63) is 30.0 Å². The molecule has 2 aromatic heterocycles. The molecule has 1 unspecified atom stereocenters. The molecular formula is C14H17F3N4O2S. The lowest BCUT2D eigenvalue weighted by atomic mass is 10.1. The topological polar surface area (TPSA) is 77.7 Å². The van der Waals surface area contributed by atoms with Crippen molar-refractivity contribution in [1.29, 1.82) is 0 Å². The predicted octanol–water partition coefficient (Wildman–Crippen LogP) is 2.67. The van der Waals surface area contributed by atoms with Crippen molar-refractivity contribution >= 4 is 9.84 Å². The minimum atomic E-state index is -4.66. The molecule has 0 aromatic carbocycles. The van der Waals surface area contributed by atoms with E-state index in [0.29, 0.717) is 6.42 Å². The molecule has 0 amide bonds. The lowest BCUT2D eigenvalue weighted by molar-refractivity contribution is -0.144. The summed E-state index contributed by atoms with van der Waals surface area (Å²) in [6, 6.07) is 2.59. The highest BCUT2D eigenvalue weighted by Crippen LogP contribution is 2.28. The summed E-state index contributed by atoms with van der Waals surface area (Å²) < 4.78 is 62.6. The Labute approximate surface area is 137 Å². The molecule has 0 saturated heterocycles. The van der Waals surface area contributed by atoms with Gasteiger partial charge in [0.2, 0.25) is 0 Å². The van der Waals surface area contributed by atoms with Gasteiger partial charge in [-0.25, -0.2) is 18.4 Å². The molecular weight excluding hydrogens is 345 g/mol. The monoisotopic (exact) mass is 362 g/mol. The van der Waals surface area contributed by atoms with Crippen molar-refractivity contribution in [3.63, 3.8) is 0 Å². The fraction of sp³-hybridized carbons (Fsp3) is 0.500. The van der Waals surface area contributed by atoms with Crippen LogP contribution in [0.1, 0.15) is 31.9 Å². The summed E-state index contributed by atoms with van der Waals surface area (Å²) in [4.78, 5) is 7.48. The molecule has 1 atom stereocenters. The Morgan fingerprint density at radius 2 is 1.96 bits per heavy atom. The Morgan fingerprint density at radius 1 is 1.29 bits per heavy atom. The van der Waals surface area contributed by atoms with Crippen molar-refractivity contribution in [2.45, 2.75) is 37.8 Å². The van der Waals surface area contributed by atoms with Gasteiger partial charge in [-0.05, 0) is 18.1 Å². The predicted molar refractivity (Wildman–Crippen MR) is 80.4 cm³/mol. The maximum Gasteiger partial charge on any atom is 0.453 e. The fourth-order valence-corrected chi connectivity index (χ4v) is 2.51. The van der Waals surface area contributed by atoms with Crippen LogP contribution in [-0.2, 0) is 22.4 Å². The van der Waals surface area contributed by atoms with E-state index in [-0.39, 0.29) is 22.5 Å². The van der Waals surface area contributed by atoms with E-state index >= 15 is 0 Å². The molecule has 0 N–H and O–H groups in total. The smallest absolute Gasteiger partial charge is 0.236 e. The second kappa shape index (κ2) is 6.50. The van der Waals surface area contributed by atoms with E-state index in [4.69, 9.17) is 0 Å². The molecule has 2 heterocycles. The lowest BCUT2D eigenvalue weighted by Crippen LogP contribution is -2.10. The summed E-state index contributed by atoms with van der Waals surface area (Å²) in [5, 5.41) is 3.50. The third-order valence-corrected chi connectivity index (χ3v) is 4.62. The molecule has 10 heteroatoms. The number of hydrogen-bond acceptors (Lipinski definition) is 5. The molecule has 2 aromatic rings. The minimum absolute atomic E-state index is 0.0223. The van der Waals surface area contributed by atoms with Crippen molar-refractivity contribution < 1.29 is 21.6 Å². The van der Waals surface area contributed by atoms with E-state index in [0.717, 1.165) is 23.6 Å². The van der Waals surface area contributed by atoms with E-state index < -0.39 is 21.8 Å². The van der Waals surface area contributed by atoms with E-state index in [1.54, 1.807) is 0 Å². The Balaban J connectivity index is 2.49. The van der Waals surface area contributed by atoms with E-state index in [2.05, 4.69) is 15.1 Å². The molecule has 0 saturated carbocycles. The van der Waals surface area contributed by atoms with Crippen molar-refractivity contribution in [1.82, 2.24) is 19.7 Å². The highest BCUT2D eigenvalue weighted by Gasteiger charge is 2.37. The van der Waals surface area contributed by atoms with Gasteiger partial charge in [-0.15, -0.1) is 5.10 Å². The second-order valence-corrected chi connectivity index (χ2v) is 7.62. The summed E-state index contributed by atoms with van der Waals surface area (Å²) >= 11 is 0. The number of alkyl halides is 3. The standard InChI is InChI=1S/C14H17F3N4O2S/c1-4-9(2)7-12-19-13(14(15,16)17)20-21(12)11-6-5-10(8-18-11)24(3,22)23/h5-6,8-9H,4,7H2,1-3H3. The van der Waals surface area contributed by atoms with Gasteiger partial charge in [0, 0.05) is 18.9 Å². The largest absolute Gasteiger partial charge is 0.453 e. The van der Waals surface area contributed by atoms with Gasteiger partial charge in [0.25, 0.3) is 5.82 Å². The Kier molecular flexibility index (Phi) is 4.97. The van der Waals surface area contributed by atoms with Crippen molar-refractivity contribution in [3.8, 4) is 5.82 Å². The van der Waals surface area contributed by atoms with Crippen LogP contribution in [-0.4, -0.2) is 34.4 Å². The van der Waals surface area contributed by atoms with E-state index in [9.17, 15) is 21.6 Å². The van der Waals surface area contributed by atoms with Gasteiger partial charge in [0.15, 0.2) is 15.7 Å². The molecule has 2 rings (SSSR count). The molecule has 0 radical (unpaired) electrons. The van der Waals surface area contributed by atoms with Gasteiger partial charge >= 0.3 is 6.18 Å². The summed E-state index contributed by atoms with van der Waals surface area (Å²) in [5.74, 6) is -0.904. The molecule has 0 aliphatic rings. The van der Waals surface area contributed by atoms with Crippen LogP contribution in [0.2, 0.25) is 0 Å². The molecule has 24 heavy (non-hydrogen) atoms. The highest BCUT2D eigenvalue weighted by molar-refractivity contribution is 7.90. The van der Waals surface area contributed by atoms with Gasteiger partial charge in [0.1, 0.15) is 5.82 Å². The van der Waals surface area contributed by atoms with E-state index in [1.165, 1.54) is 12.1 Å². The molecule has 0 bridgehead atoms. The van der Waals surface area contributed by atoms with Gasteiger partial charge in [-0.3, -0.25) is 0 Å². The second-order valence-electron chi connectivity index (χ2n) is 5.60. The zero-order valence-electron chi connectivity index (χ0n) is 13.4. The van der Waals surface area contributed by atoms with Crippen molar-refractivity contribution in [2.75, 3.05) is 6.26 Å². The number of rotatable bonds is 5. The third-order valence-electron chi connectivity index (χ3n) is 3.52. The van der Waals surface area contributed by atoms with Crippen LogP contribution in [0.15, 0.2) is 23.2 Å². The number of hydrogen-bond donors (Lipinski definition) is 0. The van der Waals surface area contributed by atoms with Gasteiger partial charge in [-0.2, -0.15) is 17.9 Å². The van der Waals surface area contributed by atoms with Crippen LogP contribution in [0.4, 0.5) is 13.2 Å². The number of sulfone groups is 1. The number of halogens is 3. The Bertz CT molecular complexity index is 814. The summed E-state index contributed by atoms with van der Waals surface area (Å²) in [5.41, 5.74) is 0.